The number of benzene rings is 1. The van der Waals surface area contributed by atoms with Gasteiger partial charge in [-0.15, -0.1) is 17.9 Å². The van der Waals surface area contributed by atoms with E-state index in [1.807, 2.05) is 13.8 Å². The molecule has 2 heterocycles. The molecule has 0 unspecified atom stereocenters. The second-order valence-electron chi connectivity index (χ2n) is 6.36. The highest BCUT2D eigenvalue weighted by Gasteiger charge is 2.19. The zero-order chi connectivity index (χ0) is 22.4. The first-order valence-corrected chi connectivity index (χ1v) is 10.9. The van der Waals surface area contributed by atoms with Crippen LogP contribution in [0.4, 0.5) is 4.79 Å². The number of urea groups is 1. The number of fused-ring (bicyclic) bond motifs is 1. The van der Waals surface area contributed by atoms with E-state index in [0.717, 1.165) is 25.7 Å². The van der Waals surface area contributed by atoms with Crippen LogP contribution in [0.25, 0.3) is 10.2 Å². The van der Waals surface area contributed by atoms with Crippen LogP contribution in [0.2, 0.25) is 0 Å². The summed E-state index contributed by atoms with van der Waals surface area (Å²) in [6.45, 7) is 7.14. The molecule has 0 aliphatic heterocycles. The predicted molar refractivity (Wildman–Crippen MR) is 119 cm³/mol. The molecule has 0 bridgehead atoms. The van der Waals surface area contributed by atoms with Crippen LogP contribution in [0, 0.1) is 13.8 Å². The van der Waals surface area contributed by atoms with Crippen molar-refractivity contribution in [3.63, 3.8) is 0 Å². The summed E-state index contributed by atoms with van der Waals surface area (Å²) in [5.74, 6) is -1.41. The lowest BCUT2D eigenvalue weighted by Crippen LogP contribution is -2.41. The highest BCUT2D eigenvalue weighted by Crippen LogP contribution is 2.38. The minimum absolute atomic E-state index is 0.211. The van der Waals surface area contributed by atoms with Crippen molar-refractivity contribution in [3.05, 3.63) is 59.3 Å². The fraction of sp³-hybridized carbons (Fsp3) is 0.190. The smallest absolute Gasteiger partial charge is 0.339 e. The van der Waals surface area contributed by atoms with Gasteiger partial charge >= 0.3 is 12.0 Å². The minimum atomic E-state index is -0.734. The SMILES string of the molecule is C=CCNC(=O)NC(=O)COC(=O)c1ccccc1Sc1ncnc2sc(C)c(C)c12. The van der Waals surface area contributed by atoms with Crippen LogP contribution in [0.5, 0.6) is 0 Å². The van der Waals surface area contributed by atoms with Crippen LogP contribution < -0.4 is 10.6 Å². The number of esters is 1. The predicted octanol–water partition coefficient (Wildman–Crippen LogP) is 3.63. The molecule has 3 rings (SSSR count). The molecule has 10 heteroatoms. The first-order valence-electron chi connectivity index (χ1n) is 9.24. The molecule has 8 nitrogen and oxygen atoms in total. The number of aromatic nitrogens is 2. The fourth-order valence-corrected chi connectivity index (χ4v) is 4.77. The van der Waals surface area contributed by atoms with E-state index in [4.69, 9.17) is 4.74 Å². The molecule has 0 saturated heterocycles. The van der Waals surface area contributed by atoms with E-state index in [1.54, 1.807) is 35.6 Å². The molecule has 0 spiro atoms. The summed E-state index contributed by atoms with van der Waals surface area (Å²) in [7, 11) is 0. The Morgan fingerprint density at radius 3 is 2.77 bits per heavy atom. The third-order valence-electron chi connectivity index (χ3n) is 4.24. The number of amides is 3. The maximum Gasteiger partial charge on any atom is 0.339 e. The van der Waals surface area contributed by atoms with Crippen LogP contribution in [0.3, 0.4) is 0 Å². The van der Waals surface area contributed by atoms with Crippen molar-refractivity contribution in [2.24, 2.45) is 0 Å². The summed E-state index contributed by atoms with van der Waals surface area (Å²) in [6, 6.07) is 6.22. The summed E-state index contributed by atoms with van der Waals surface area (Å²) in [5, 5.41) is 6.17. The van der Waals surface area contributed by atoms with Gasteiger partial charge in [-0.05, 0) is 31.5 Å². The van der Waals surface area contributed by atoms with Crippen LogP contribution >= 0.6 is 23.1 Å². The third kappa shape index (κ3) is 5.47. The summed E-state index contributed by atoms with van der Waals surface area (Å²) in [6.07, 6.45) is 2.98. The third-order valence-corrected chi connectivity index (χ3v) is 6.43. The van der Waals surface area contributed by atoms with E-state index in [2.05, 4.69) is 27.2 Å². The van der Waals surface area contributed by atoms with Gasteiger partial charge in [0, 0.05) is 21.7 Å². The summed E-state index contributed by atoms with van der Waals surface area (Å²) < 4.78 is 5.09. The highest BCUT2D eigenvalue weighted by molar-refractivity contribution is 7.99. The molecule has 0 saturated carbocycles. The number of rotatable bonds is 7. The molecule has 2 aromatic heterocycles. The van der Waals surface area contributed by atoms with Crippen molar-refractivity contribution in [1.82, 2.24) is 20.6 Å². The zero-order valence-electron chi connectivity index (χ0n) is 16.9. The van der Waals surface area contributed by atoms with Crippen molar-refractivity contribution in [2.75, 3.05) is 13.2 Å². The Morgan fingerprint density at radius 1 is 1.23 bits per heavy atom. The summed E-state index contributed by atoms with van der Waals surface area (Å²) in [4.78, 5) is 47.3. The molecule has 0 fully saturated rings. The maximum absolute atomic E-state index is 12.6. The molecule has 0 atom stereocenters. The molecular weight excluding hydrogens is 436 g/mol. The Balaban J connectivity index is 1.72. The first-order chi connectivity index (χ1) is 14.9. The van der Waals surface area contributed by atoms with E-state index >= 15 is 0 Å². The second-order valence-corrected chi connectivity index (χ2v) is 8.60. The van der Waals surface area contributed by atoms with Crippen LogP contribution in [-0.2, 0) is 9.53 Å². The molecule has 0 aliphatic carbocycles. The Labute approximate surface area is 187 Å². The Bertz CT molecular complexity index is 1160. The number of nitrogens with one attached hydrogen (secondary N) is 2. The van der Waals surface area contributed by atoms with Gasteiger partial charge < -0.3 is 10.1 Å². The quantitative estimate of drug-likeness (QED) is 0.317. The number of carbonyl (C=O) groups is 3. The van der Waals surface area contributed by atoms with Crippen LogP contribution in [0.15, 0.2) is 53.2 Å². The number of carbonyl (C=O) groups excluding carboxylic acids is 3. The number of thiophene rings is 1. The van der Waals surface area contributed by atoms with Crippen molar-refractivity contribution >= 4 is 51.2 Å². The van der Waals surface area contributed by atoms with Crippen molar-refractivity contribution in [2.45, 2.75) is 23.8 Å². The average Bonchev–Trinajstić information content (AvgIpc) is 3.05. The van der Waals surface area contributed by atoms with E-state index in [1.165, 1.54) is 24.2 Å². The normalized spacial score (nSPS) is 10.5. The van der Waals surface area contributed by atoms with Gasteiger partial charge in [-0.3, -0.25) is 10.1 Å². The Morgan fingerprint density at radius 2 is 2.00 bits per heavy atom. The number of ether oxygens (including phenoxy) is 1. The molecule has 31 heavy (non-hydrogen) atoms. The average molecular weight is 457 g/mol. The van der Waals surface area contributed by atoms with Crippen molar-refractivity contribution < 1.29 is 19.1 Å². The van der Waals surface area contributed by atoms with Gasteiger partial charge in [0.15, 0.2) is 6.61 Å². The van der Waals surface area contributed by atoms with Crippen molar-refractivity contribution in [3.8, 4) is 0 Å². The summed E-state index contributed by atoms with van der Waals surface area (Å²) >= 11 is 2.93. The molecule has 160 valence electrons. The largest absolute Gasteiger partial charge is 0.452 e. The summed E-state index contributed by atoms with van der Waals surface area (Å²) in [5.41, 5.74) is 1.40. The highest BCUT2D eigenvalue weighted by atomic mass is 32.2. The first kappa shape index (κ1) is 22.4. The van der Waals surface area contributed by atoms with Crippen LogP contribution in [0.1, 0.15) is 20.8 Å². The Hall–Kier alpha value is -3.24. The van der Waals surface area contributed by atoms with E-state index in [-0.39, 0.29) is 6.54 Å². The second kappa shape index (κ2) is 10.2. The molecule has 3 amide bonds. The van der Waals surface area contributed by atoms with Gasteiger partial charge in [0.2, 0.25) is 0 Å². The lowest BCUT2D eigenvalue weighted by molar-refractivity contribution is -0.123. The standard InChI is InChI=1S/C21H20N4O4S2/c1-4-9-22-21(28)25-16(26)10-29-20(27)14-7-5-6-8-15(14)31-19-17-12(2)13(3)30-18(17)23-11-24-19/h4-8,11H,1,9-10H2,2-3H3,(H2,22,25,26,28). The van der Waals surface area contributed by atoms with Gasteiger partial charge in [-0.1, -0.05) is 30.0 Å². The number of hydrogen-bond donors (Lipinski definition) is 2. The topological polar surface area (TPSA) is 110 Å². The monoisotopic (exact) mass is 456 g/mol. The zero-order valence-corrected chi connectivity index (χ0v) is 18.6. The molecule has 0 aliphatic rings. The number of hydrogen-bond acceptors (Lipinski definition) is 8. The molecule has 3 aromatic rings. The molecular formula is C21H20N4O4S2. The van der Waals surface area contributed by atoms with E-state index in [9.17, 15) is 14.4 Å². The maximum atomic E-state index is 12.6. The lowest BCUT2D eigenvalue weighted by Gasteiger charge is -2.10. The van der Waals surface area contributed by atoms with E-state index in [0.29, 0.717) is 10.5 Å². The minimum Gasteiger partial charge on any atom is -0.452 e. The van der Waals surface area contributed by atoms with Gasteiger partial charge in [-0.2, -0.15) is 0 Å². The molecule has 1 aromatic carbocycles. The lowest BCUT2D eigenvalue weighted by atomic mass is 10.2. The van der Waals surface area contributed by atoms with Gasteiger partial charge in [0.05, 0.1) is 5.56 Å². The van der Waals surface area contributed by atoms with Gasteiger partial charge in [0.1, 0.15) is 16.2 Å². The Kier molecular flexibility index (Phi) is 7.37. The fourth-order valence-electron chi connectivity index (χ4n) is 2.64. The number of imide groups is 1. The van der Waals surface area contributed by atoms with Gasteiger partial charge in [-0.25, -0.2) is 19.6 Å². The number of nitrogens with zero attached hydrogens (tertiary/aromatic N) is 2. The molecule has 0 radical (unpaired) electrons. The number of aryl methyl sites for hydroxylation is 2. The van der Waals surface area contributed by atoms with Crippen molar-refractivity contribution in [1.29, 1.82) is 0 Å². The van der Waals surface area contributed by atoms with Gasteiger partial charge in [0.25, 0.3) is 5.91 Å². The van der Waals surface area contributed by atoms with Crippen LogP contribution in [-0.4, -0.2) is 41.0 Å². The van der Waals surface area contributed by atoms with E-state index < -0.39 is 24.5 Å². The molecule has 2 N–H and O–H groups in total.